The number of rotatable bonds is 6. The minimum atomic E-state index is -0.412. The Morgan fingerprint density at radius 3 is 2.67 bits per heavy atom. The van der Waals surface area contributed by atoms with Crippen molar-refractivity contribution in [1.82, 2.24) is 5.32 Å². The summed E-state index contributed by atoms with van der Waals surface area (Å²) < 4.78 is 13.2. The van der Waals surface area contributed by atoms with Crippen LogP contribution >= 0.6 is 0 Å². The molecule has 110 valence electrons. The number of oxime groups is 1. The summed E-state index contributed by atoms with van der Waals surface area (Å²) >= 11 is 0. The smallest absolute Gasteiger partial charge is 0.170 e. The highest BCUT2D eigenvalue weighted by molar-refractivity contribution is 5.98. The van der Waals surface area contributed by atoms with Crippen molar-refractivity contribution in [2.45, 2.75) is 13.0 Å². The lowest BCUT2D eigenvalue weighted by atomic mass is 10.1. The third-order valence-electron chi connectivity index (χ3n) is 3.20. The normalized spacial score (nSPS) is 11.6. The fourth-order valence-electron chi connectivity index (χ4n) is 2.10. The summed E-state index contributed by atoms with van der Waals surface area (Å²) in [6.07, 6.45) is 0.904. The molecule has 21 heavy (non-hydrogen) atoms. The van der Waals surface area contributed by atoms with Gasteiger partial charge in [0.2, 0.25) is 0 Å². The first-order chi connectivity index (χ1) is 10.2. The Morgan fingerprint density at radius 2 is 1.95 bits per heavy atom. The molecule has 0 heterocycles. The van der Waals surface area contributed by atoms with E-state index >= 15 is 0 Å². The molecule has 0 radical (unpaired) electrons. The third-order valence-corrected chi connectivity index (χ3v) is 3.20. The van der Waals surface area contributed by atoms with Gasteiger partial charge in [0.25, 0.3) is 0 Å². The molecule has 0 atom stereocenters. The van der Waals surface area contributed by atoms with Gasteiger partial charge in [0.1, 0.15) is 5.82 Å². The average molecular weight is 287 g/mol. The fraction of sp³-hybridized carbons (Fsp3) is 0.188. The number of halogens is 1. The zero-order valence-corrected chi connectivity index (χ0v) is 11.6. The SMILES string of the molecule is NC(=NO)c1cc(F)ccc1CNCCc1ccccc1. The van der Waals surface area contributed by atoms with Gasteiger partial charge in [-0.1, -0.05) is 41.6 Å². The molecule has 0 fully saturated rings. The molecule has 4 nitrogen and oxygen atoms in total. The maximum atomic E-state index is 13.2. The molecule has 0 saturated heterocycles. The third kappa shape index (κ3) is 4.29. The second-order valence-corrected chi connectivity index (χ2v) is 4.70. The monoisotopic (exact) mass is 287 g/mol. The Morgan fingerprint density at radius 1 is 1.19 bits per heavy atom. The van der Waals surface area contributed by atoms with E-state index in [1.807, 2.05) is 18.2 Å². The molecule has 0 aliphatic carbocycles. The minimum absolute atomic E-state index is 0.0886. The lowest BCUT2D eigenvalue weighted by molar-refractivity contribution is 0.318. The van der Waals surface area contributed by atoms with Crippen molar-refractivity contribution in [2.24, 2.45) is 10.9 Å². The topological polar surface area (TPSA) is 70.6 Å². The first-order valence-electron chi connectivity index (χ1n) is 6.71. The van der Waals surface area contributed by atoms with Crippen LogP contribution < -0.4 is 11.1 Å². The molecule has 4 N–H and O–H groups in total. The predicted octanol–water partition coefficient (Wildman–Crippen LogP) is 2.25. The molecule has 2 rings (SSSR count). The molecule has 2 aromatic rings. The summed E-state index contributed by atoms with van der Waals surface area (Å²) in [5.74, 6) is -0.501. The Labute approximate surface area is 123 Å². The largest absolute Gasteiger partial charge is 0.409 e. The lowest BCUT2D eigenvalue weighted by Crippen LogP contribution is -2.21. The number of amidine groups is 1. The molecule has 0 aromatic heterocycles. The zero-order chi connectivity index (χ0) is 15.1. The summed E-state index contributed by atoms with van der Waals surface area (Å²) in [5.41, 5.74) is 8.01. The van der Waals surface area contributed by atoms with E-state index in [2.05, 4.69) is 22.6 Å². The van der Waals surface area contributed by atoms with Crippen LogP contribution in [0.1, 0.15) is 16.7 Å². The molecular weight excluding hydrogens is 269 g/mol. The van der Waals surface area contributed by atoms with E-state index in [-0.39, 0.29) is 5.84 Å². The van der Waals surface area contributed by atoms with Gasteiger partial charge >= 0.3 is 0 Å². The van der Waals surface area contributed by atoms with Crippen LogP contribution in [0.25, 0.3) is 0 Å². The molecule has 0 bridgehead atoms. The minimum Gasteiger partial charge on any atom is -0.409 e. The second kappa shape index (κ2) is 7.40. The van der Waals surface area contributed by atoms with E-state index in [4.69, 9.17) is 10.9 Å². The van der Waals surface area contributed by atoms with Crippen molar-refractivity contribution in [3.05, 3.63) is 71.0 Å². The van der Waals surface area contributed by atoms with Crippen LogP contribution in [0.5, 0.6) is 0 Å². The number of hydrogen-bond donors (Lipinski definition) is 3. The molecule has 2 aromatic carbocycles. The Balaban J connectivity index is 1.94. The van der Waals surface area contributed by atoms with Gasteiger partial charge in [-0.3, -0.25) is 0 Å². The highest BCUT2D eigenvalue weighted by Crippen LogP contribution is 2.11. The highest BCUT2D eigenvalue weighted by Gasteiger charge is 2.08. The van der Waals surface area contributed by atoms with Crippen LogP contribution in [0.2, 0.25) is 0 Å². The molecular formula is C16H18FN3O. The van der Waals surface area contributed by atoms with Crippen molar-refractivity contribution in [2.75, 3.05) is 6.54 Å². The average Bonchev–Trinajstić information content (AvgIpc) is 2.53. The number of benzene rings is 2. The quantitative estimate of drug-likeness (QED) is 0.251. The van der Waals surface area contributed by atoms with E-state index in [0.29, 0.717) is 12.1 Å². The summed E-state index contributed by atoms with van der Waals surface area (Å²) in [5, 5.41) is 15.0. The van der Waals surface area contributed by atoms with Crippen molar-refractivity contribution in [3.8, 4) is 0 Å². The van der Waals surface area contributed by atoms with Crippen molar-refractivity contribution < 1.29 is 9.60 Å². The van der Waals surface area contributed by atoms with Gasteiger partial charge in [0.15, 0.2) is 5.84 Å². The maximum absolute atomic E-state index is 13.2. The van der Waals surface area contributed by atoms with Gasteiger partial charge in [-0.15, -0.1) is 0 Å². The fourth-order valence-corrected chi connectivity index (χ4v) is 2.10. The number of nitrogens with one attached hydrogen (secondary N) is 1. The van der Waals surface area contributed by atoms with E-state index in [0.717, 1.165) is 18.5 Å². The molecule has 0 spiro atoms. The Kier molecular flexibility index (Phi) is 5.29. The molecule has 0 saturated carbocycles. The molecule has 0 aliphatic heterocycles. The van der Waals surface area contributed by atoms with Crippen LogP contribution in [0.15, 0.2) is 53.7 Å². The maximum Gasteiger partial charge on any atom is 0.170 e. The van der Waals surface area contributed by atoms with Crippen molar-refractivity contribution in [3.63, 3.8) is 0 Å². The highest BCUT2D eigenvalue weighted by atomic mass is 19.1. The van der Waals surface area contributed by atoms with Crippen LogP contribution in [0.3, 0.4) is 0 Å². The van der Waals surface area contributed by atoms with Gasteiger partial charge in [-0.25, -0.2) is 4.39 Å². The molecule has 0 aliphatic rings. The summed E-state index contributed by atoms with van der Waals surface area (Å²) in [6, 6.07) is 14.4. The summed E-state index contributed by atoms with van der Waals surface area (Å²) in [6.45, 7) is 1.32. The van der Waals surface area contributed by atoms with Crippen molar-refractivity contribution >= 4 is 5.84 Å². The van der Waals surface area contributed by atoms with Crippen LogP contribution in [0.4, 0.5) is 4.39 Å². The van der Waals surface area contributed by atoms with E-state index in [1.54, 1.807) is 6.07 Å². The van der Waals surface area contributed by atoms with Gasteiger partial charge < -0.3 is 16.3 Å². The number of nitrogens with zero attached hydrogens (tertiary/aromatic N) is 1. The standard InChI is InChI=1S/C16H18FN3O/c17-14-7-6-13(15(10-14)16(18)20-21)11-19-9-8-12-4-2-1-3-5-12/h1-7,10,19,21H,8-9,11H2,(H2,18,20). The number of nitrogens with two attached hydrogens (primary N) is 1. The van der Waals surface area contributed by atoms with Gasteiger partial charge in [0.05, 0.1) is 0 Å². The zero-order valence-electron chi connectivity index (χ0n) is 11.6. The predicted molar refractivity (Wildman–Crippen MR) is 80.8 cm³/mol. The Bertz CT molecular complexity index is 614. The van der Waals surface area contributed by atoms with E-state index in [1.165, 1.54) is 17.7 Å². The van der Waals surface area contributed by atoms with Crippen LogP contribution in [-0.4, -0.2) is 17.6 Å². The summed E-state index contributed by atoms with van der Waals surface area (Å²) in [7, 11) is 0. The van der Waals surface area contributed by atoms with E-state index in [9.17, 15) is 4.39 Å². The lowest BCUT2D eigenvalue weighted by Gasteiger charge is -2.10. The summed E-state index contributed by atoms with van der Waals surface area (Å²) in [4.78, 5) is 0. The Hall–Kier alpha value is -2.40. The number of hydrogen-bond acceptors (Lipinski definition) is 3. The van der Waals surface area contributed by atoms with Gasteiger partial charge in [0, 0.05) is 12.1 Å². The van der Waals surface area contributed by atoms with Gasteiger partial charge in [-0.05, 0) is 36.2 Å². The first kappa shape index (κ1) is 15.0. The van der Waals surface area contributed by atoms with Gasteiger partial charge in [-0.2, -0.15) is 0 Å². The van der Waals surface area contributed by atoms with Crippen LogP contribution in [-0.2, 0) is 13.0 Å². The second-order valence-electron chi connectivity index (χ2n) is 4.70. The van der Waals surface area contributed by atoms with Crippen LogP contribution in [0, 0.1) is 5.82 Å². The van der Waals surface area contributed by atoms with Crippen molar-refractivity contribution in [1.29, 1.82) is 0 Å². The molecule has 5 heteroatoms. The molecule has 0 amide bonds. The molecule has 0 unspecified atom stereocenters. The first-order valence-corrected chi connectivity index (χ1v) is 6.71. The van der Waals surface area contributed by atoms with E-state index < -0.39 is 5.82 Å².